The van der Waals surface area contributed by atoms with Crippen molar-refractivity contribution in [3.63, 3.8) is 0 Å². The zero-order chi connectivity index (χ0) is 25.7. The fraction of sp³-hybridized carbons (Fsp3) is 0.333. The van der Waals surface area contributed by atoms with Crippen LogP contribution < -0.4 is 20.1 Å². The molecule has 1 atom stereocenters. The van der Waals surface area contributed by atoms with Crippen LogP contribution in [0.2, 0.25) is 0 Å². The lowest BCUT2D eigenvalue weighted by molar-refractivity contribution is -0.127. The summed E-state index contributed by atoms with van der Waals surface area (Å²) in [4.78, 5) is 42.5. The van der Waals surface area contributed by atoms with E-state index in [0.29, 0.717) is 33.7 Å². The number of fused-ring (bicyclic) bond motifs is 1. The van der Waals surface area contributed by atoms with Crippen molar-refractivity contribution in [1.29, 1.82) is 0 Å². The predicted molar refractivity (Wildman–Crippen MR) is 134 cm³/mol. The van der Waals surface area contributed by atoms with Crippen molar-refractivity contribution in [2.75, 3.05) is 14.2 Å². The van der Waals surface area contributed by atoms with Crippen LogP contribution in [0.5, 0.6) is 11.5 Å². The van der Waals surface area contributed by atoms with Gasteiger partial charge >= 0.3 is 12.0 Å². The number of nitrogens with zero attached hydrogens (tertiary/aromatic N) is 1. The van der Waals surface area contributed by atoms with E-state index in [1.807, 2.05) is 12.1 Å². The van der Waals surface area contributed by atoms with Crippen LogP contribution in [-0.2, 0) is 9.53 Å². The Bertz CT molecular complexity index is 1290. The number of urea groups is 1. The topological polar surface area (TPSA) is 116 Å². The van der Waals surface area contributed by atoms with Crippen LogP contribution in [0.1, 0.15) is 43.0 Å². The first kappa shape index (κ1) is 25.0. The van der Waals surface area contributed by atoms with E-state index >= 15 is 0 Å². The standard InChI is InChI=1S/C27H29N3O6/c1-16(25(31)30-27(33)28-18-8-4-5-9-18)36-26(32)20-15-22(29-21-11-7-6-10-19(20)21)17-12-13-23(34-2)24(14-17)35-3/h6-7,10-16,18H,4-5,8-9H2,1-3H3,(H2,28,30,31,33). The lowest BCUT2D eigenvalue weighted by atomic mass is 10.0. The van der Waals surface area contributed by atoms with E-state index in [4.69, 9.17) is 14.2 Å². The summed E-state index contributed by atoms with van der Waals surface area (Å²) < 4.78 is 16.1. The number of hydrogen-bond donors (Lipinski definition) is 2. The summed E-state index contributed by atoms with van der Waals surface area (Å²) in [5.74, 6) is -0.305. The van der Waals surface area contributed by atoms with Crippen molar-refractivity contribution in [3.8, 4) is 22.8 Å². The van der Waals surface area contributed by atoms with E-state index in [-0.39, 0.29) is 11.6 Å². The van der Waals surface area contributed by atoms with E-state index in [0.717, 1.165) is 25.7 Å². The molecule has 2 aromatic carbocycles. The second-order valence-electron chi connectivity index (χ2n) is 8.63. The monoisotopic (exact) mass is 491 g/mol. The molecule has 1 fully saturated rings. The summed E-state index contributed by atoms with van der Waals surface area (Å²) in [5.41, 5.74) is 2.07. The van der Waals surface area contributed by atoms with Crippen molar-refractivity contribution in [2.24, 2.45) is 0 Å². The first-order valence-corrected chi connectivity index (χ1v) is 11.8. The number of amides is 3. The highest BCUT2D eigenvalue weighted by Crippen LogP contribution is 2.33. The molecule has 3 aromatic rings. The summed E-state index contributed by atoms with van der Waals surface area (Å²) in [6.07, 6.45) is 2.71. The molecule has 4 rings (SSSR count). The molecule has 0 radical (unpaired) electrons. The first-order chi connectivity index (χ1) is 17.4. The fourth-order valence-electron chi connectivity index (χ4n) is 4.27. The van der Waals surface area contributed by atoms with Crippen molar-refractivity contribution in [2.45, 2.75) is 44.8 Å². The van der Waals surface area contributed by atoms with Crippen LogP contribution in [0.3, 0.4) is 0 Å². The summed E-state index contributed by atoms with van der Waals surface area (Å²) in [6.45, 7) is 1.43. The molecule has 1 aliphatic rings. The highest BCUT2D eigenvalue weighted by atomic mass is 16.5. The van der Waals surface area contributed by atoms with Crippen LogP contribution in [0.4, 0.5) is 4.79 Å². The Kier molecular flexibility index (Phi) is 7.68. The smallest absolute Gasteiger partial charge is 0.339 e. The molecule has 9 nitrogen and oxygen atoms in total. The molecule has 3 amide bonds. The summed E-state index contributed by atoms with van der Waals surface area (Å²) in [7, 11) is 3.09. The lowest BCUT2D eigenvalue weighted by Gasteiger charge is -2.16. The Hall–Kier alpha value is -4.14. The van der Waals surface area contributed by atoms with Crippen molar-refractivity contribution >= 4 is 28.8 Å². The maximum Gasteiger partial charge on any atom is 0.339 e. The molecule has 0 spiro atoms. The largest absolute Gasteiger partial charge is 0.493 e. The number of aromatic nitrogens is 1. The third-order valence-corrected chi connectivity index (χ3v) is 6.20. The van der Waals surface area contributed by atoms with Crippen LogP contribution in [-0.4, -0.2) is 49.3 Å². The van der Waals surface area contributed by atoms with Gasteiger partial charge in [-0.3, -0.25) is 10.1 Å². The molecular weight excluding hydrogens is 462 g/mol. The number of ether oxygens (including phenoxy) is 3. The minimum Gasteiger partial charge on any atom is -0.493 e. The predicted octanol–water partition coefficient (Wildman–Crippen LogP) is 4.23. The Morgan fingerprint density at radius 3 is 2.42 bits per heavy atom. The van der Waals surface area contributed by atoms with E-state index in [2.05, 4.69) is 15.6 Å². The molecule has 0 bridgehead atoms. The Morgan fingerprint density at radius 1 is 0.972 bits per heavy atom. The van der Waals surface area contributed by atoms with E-state index in [1.165, 1.54) is 6.92 Å². The average Bonchev–Trinajstić information content (AvgIpc) is 3.40. The Labute approximate surface area is 209 Å². The molecule has 188 valence electrons. The SMILES string of the molecule is COc1ccc(-c2cc(C(=O)OC(C)C(=O)NC(=O)NC3CCCC3)c3ccccc3n2)cc1OC. The molecular formula is C27H29N3O6. The lowest BCUT2D eigenvalue weighted by Crippen LogP contribution is -2.47. The second kappa shape index (κ2) is 11.1. The number of para-hydroxylation sites is 1. The molecule has 9 heteroatoms. The van der Waals surface area contributed by atoms with Crippen LogP contribution in [0.25, 0.3) is 22.2 Å². The number of imide groups is 1. The van der Waals surface area contributed by atoms with Gasteiger partial charge in [0.1, 0.15) is 0 Å². The fourth-order valence-corrected chi connectivity index (χ4v) is 4.27. The molecule has 1 saturated carbocycles. The summed E-state index contributed by atoms with van der Waals surface area (Å²) in [5, 5.41) is 5.62. The number of esters is 1. The summed E-state index contributed by atoms with van der Waals surface area (Å²) in [6, 6.07) is 13.6. The van der Waals surface area contributed by atoms with Crippen LogP contribution >= 0.6 is 0 Å². The van der Waals surface area contributed by atoms with Gasteiger partial charge in [-0.2, -0.15) is 0 Å². The molecule has 1 aliphatic carbocycles. The third-order valence-electron chi connectivity index (χ3n) is 6.20. The van der Waals surface area contributed by atoms with Crippen LogP contribution in [0.15, 0.2) is 48.5 Å². The van der Waals surface area contributed by atoms with Gasteiger partial charge in [-0.05, 0) is 50.1 Å². The van der Waals surface area contributed by atoms with Crippen molar-refractivity contribution < 1.29 is 28.6 Å². The second-order valence-corrected chi connectivity index (χ2v) is 8.63. The number of benzene rings is 2. The van der Waals surface area contributed by atoms with Gasteiger partial charge in [0, 0.05) is 17.0 Å². The van der Waals surface area contributed by atoms with E-state index in [9.17, 15) is 14.4 Å². The van der Waals surface area contributed by atoms with Gasteiger partial charge in [-0.1, -0.05) is 31.0 Å². The zero-order valence-electron chi connectivity index (χ0n) is 20.5. The number of hydrogen-bond acceptors (Lipinski definition) is 7. The number of rotatable bonds is 7. The highest BCUT2D eigenvalue weighted by molar-refractivity contribution is 6.06. The van der Waals surface area contributed by atoms with Gasteiger partial charge < -0.3 is 19.5 Å². The molecule has 1 heterocycles. The van der Waals surface area contributed by atoms with E-state index in [1.54, 1.807) is 50.6 Å². The van der Waals surface area contributed by atoms with Crippen molar-refractivity contribution in [1.82, 2.24) is 15.6 Å². The van der Waals surface area contributed by atoms with Crippen LogP contribution in [0, 0.1) is 0 Å². The molecule has 0 saturated heterocycles. The maximum atomic E-state index is 13.2. The maximum absolute atomic E-state index is 13.2. The Balaban J connectivity index is 1.55. The van der Waals surface area contributed by atoms with E-state index < -0.39 is 24.0 Å². The molecule has 36 heavy (non-hydrogen) atoms. The van der Waals surface area contributed by atoms with Gasteiger partial charge in [0.05, 0.1) is 31.0 Å². The van der Waals surface area contributed by atoms with Gasteiger partial charge in [0.15, 0.2) is 17.6 Å². The first-order valence-electron chi connectivity index (χ1n) is 11.8. The minimum absolute atomic E-state index is 0.0637. The number of methoxy groups -OCH3 is 2. The highest BCUT2D eigenvalue weighted by Gasteiger charge is 2.24. The number of carbonyl (C=O) groups excluding carboxylic acids is 3. The Morgan fingerprint density at radius 2 is 1.69 bits per heavy atom. The third kappa shape index (κ3) is 5.56. The number of pyridine rings is 1. The summed E-state index contributed by atoms with van der Waals surface area (Å²) >= 11 is 0. The van der Waals surface area contributed by atoms with Gasteiger partial charge in [0.25, 0.3) is 5.91 Å². The van der Waals surface area contributed by atoms with Crippen molar-refractivity contribution in [3.05, 3.63) is 54.1 Å². The average molecular weight is 492 g/mol. The number of nitrogens with one attached hydrogen (secondary N) is 2. The van der Waals surface area contributed by atoms with Gasteiger partial charge in [-0.15, -0.1) is 0 Å². The zero-order valence-corrected chi connectivity index (χ0v) is 20.5. The molecule has 1 unspecified atom stereocenters. The molecule has 0 aliphatic heterocycles. The normalized spacial score (nSPS) is 14.2. The minimum atomic E-state index is -1.18. The quantitative estimate of drug-likeness (QED) is 0.475. The molecule has 2 N–H and O–H groups in total. The number of carbonyl (C=O) groups is 3. The molecule has 1 aromatic heterocycles. The van der Waals surface area contributed by atoms with Gasteiger partial charge in [0.2, 0.25) is 0 Å². The van der Waals surface area contributed by atoms with Gasteiger partial charge in [-0.25, -0.2) is 14.6 Å².